The average molecular weight is 351 g/mol. The Kier molecular flexibility index (Phi) is 4.67. The van der Waals surface area contributed by atoms with Gasteiger partial charge < -0.3 is 9.72 Å². The van der Waals surface area contributed by atoms with E-state index in [1.807, 2.05) is 78.9 Å². The minimum atomic E-state index is 0.460. The number of aromatic nitrogens is 2. The van der Waals surface area contributed by atoms with Gasteiger partial charge in [-0.15, -0.1) is 0 Å². The van der Waals surface area contributed by atoms with Gasteiger partial charge in [-0.05, 0) is 29.8 Å². The number of imidazole rings is 1. The van der Waals surface area contributed by atoms with Gasteiger partial charge in [0.1, 0.15) is 24.3 Å². The molecular formula is C23H17N3O. The molecule has 4 rings (SSSR count). The van der Waals surface area contributed by atoms with E-state index < -0.39 is 0 Å². The number of benzene rings is 3. The number of allylic oxidation sites excluding steroid dienone is 1. The predicted molar refractivity (Wildman–Crippen MR) is 107 cm³/mol. The Balaban J connectivity index is 1.64. The summed E-state index contributed by atoms with van der Waals surface area (Å²) in [5.74, 6) is 1.28. The second-order valence-corrected chi connectivity index (χ2v) is 6.08. The maximum atomic E-state index is 9.65. The van der Waals surface area contributed by atoms with Gasteiger partial charge in [0.2, 0.25) is 0 Å². The van der Waals surface area contributed by atoms with Gasteiger partial charge in [0.15, 0.2) is 0 Å². The number of rotatable bonds is 5. The van der Waals surface area contributed by atoms with Crippen molar-refractivity contribution in [2.75, 3.05) is 0 Å². The van der Waals surface area contributed by atoms with E-state index in [2.05, 4.69) is 16.0 Å². The van der Waals surface area contributed by atoms with Crippen LogP contribution in [0.3, 0.4) is 0 Å². The van der Waals surface area contributed by atoms with Crippen LogP contribution in [-0.4, -0.2) is 9.97 Å². The molecule has 0 aliphatic rings. The van der Waals surface area contributed by atoms with Crippen LogP contribution >= 0.6 is 0 Å². The lowest BCUT2D eigenvalue weighted by atomic mass is 10.1. The van der Waals surface area contributed by atoms with E-state index in [1.165, 1.54) is 0 Å². The Bertz CT molecular complexity index is 1100. The quantitative estimate of drug-likeness (QED) is 0.502. The number of nitriles is 1. The topological polar surface area (TPSA) is 61.7 Å². The number of nitrogens with zero attached hydrogens (tertiary/aromatic N) is 2. The summed E-state index contributed by atoms with van der Waals surface area (Å²) in [7, 11) is 0. The van der Waals surface area contributed by atoms with Crippen molar-refractivity contribution in [2.45, 2.75) is 6.61 Å². The number of H-pyrrole nitrogens is 1. The summed E-state index contributed by atoms with van der Waals surface area (Å²) in [5, 5.41) is 9.65. The number of para-hydroxylation sites is 3. The second kappa shape index (κ2) is 7.59. The van der Waals surface area contributed by atoms with E-state index in [0.29, 0.717) is 18.0 Å². The zero-order chi connectivity index (χ0) is 18.5. The van der Waals surface area contributed by atoms with E-state index in [1.54, 1.807) is 6.08 Å². The predicted octanol–water partition coefficient (Wildman–Crippen LogP) is 5.21. The van der Waals surface area contributed by atoms with Gasteiger partial charge in [-0.25, -0.2) is 4.98 Å². The molecule has 3 aromatic carbocycles. The van der Waals surface area contributed by atoms with Gasteiger partial charge in [0.05, 0.1) is 16.6 Å². The summed E-state index contributed by atoms with van der Waals surface area (Å²) in [6, 6.07) is 27.6. The fourth-order valence-electron chi connectivity index (χ4n) is 2.86. The summed E-state index contributed by atoms with van der Waals surface area (Å²) in [6.07, 6.45) is 1.80. The van der Waals surface area contributed by atoms with Gasteiger partial charge >= 0.3 is 0 Å². The smallest absolute Gasteiger partial charge is 0.149 e. The molecule has 0 radical (unpaired) electrons. The first-order chi connectivity index (χ1) is 13.3. The molecule has 0 saturated heterocycles. The minimum Gasteiger partial charge on any atom is -0.488 e. The Morgan fingerprint density at radius 1 is 0.963 bits per heavy atom. The number of ether oxygens (including phenoxy) is 1. The van der Waals surface area contributed by atoms with Crippen molar-refractivity contribution >= 4 is 22.7 Å². The lowest BCUT2D eigenvalue weighted by Gasteiger charge is -2.09. The molecule has 0 aliphatic carbocycles. The molecule has 1 N–H and O–H groups in total. The van der Waals surface area contributed by atoms with Gasteiger partial charge in [0.25, 0.3) is 0 Å². The van der Waals surface area contributed by atoms with E-state index in [0.717, 1.165) is 27.9 Å². The zero-order valence-corrected chi connectivity index (χ0v) is 14.6. The minimum absolute atomic E-state index is 0.460. The first kappa shape index (κ1) is 16.6. The molecule has 0 unspecified atom stereocenters. The van der Waals surface area contributed by atoms with Crippen LogP contribution < -0.4 is 4.74 Å². The highest BCUT2D eigenvalue weighted by atomic mass is 16.5. The maximum Gasteiger partial charge on any atom is 0.149 e. The molecule has 1 heterocycles. The maximum absolute atomic E-state index is 9.65. The molecule has 4 heteroatoms. The summed E-state index contributed by atoms with van der Waals surface area (Å²) >= 11 is 0. The Hall–Kier alpha value is -3.84. The SMILES string of the molecule is N#C/C(=C/c1ccccc1OCc1ccccc1)c1nc2ccccc2[nH]1. The molecule has 0 atom stereocenters. The molecule has 0 saturated carbocycles. The summed E-state index contributed by atoms with van der Waals surface area (Å²) in [4.78, 5) is 7.72. The largest absolute Gasteiger partial charge is 0.488 e. The van der Waals surface area contributed by atoms with E-state index in [9.17, 15) is 5.26 Å². The van der Waals surface area contributed by atoms with Crippen molar-refractivity contribution in [3.05, 3.63) is 95.8 Å². The van der Waals surface area contributed by atoms with Crippen molar-refractivity contribution in [1.82, 2.24) is 9.97 Å². The fourth-order valence-corrected chi connectivity index (χ4v) is 2.86. The third-order valence-electron chi connectivity index (χ3n) is 4.22. The molecule has 1 aromatic heterocycles. The Labute approximate surface area is 157 Å². The van der Waals surface area contributed by atoms with Crippen molar-refractivity contribution in [2.24, 2.45) is 0 Å². The van der Waals surface area contributed by atoms with Crippen LogP contribution in [0.4, 0.5) is 0 Å². The summed E-state index contributed by atoms with van der Waals surface area (Å²) in [6.45, 7) is 0.470. The molecule has 0 spiro atoms. The molecular weight excluding hydrogens is 334 g/mol. The normalized spacial score (nSPS) is 11.3. The van der Waals surface area contributed by atoms with Crippen LogP contribution in [0, 0.1) is 11.3 Å². The molecule has 0 bridgehead atoms. The molecule has 0 fully saturated rings. The second-order valence-electron chi connectivity index (χ2n) is 6.08. The van der Waals surface area contributed by atoms with Crippen molar-refractivity contribution < 1.29 is 4.74 Å². The summed E-state index contributed by atoms with van der Waals surface area (Å²) in [5.41, 5.74) is 4.13. The van der Waals surface area contributed by atoms with Crippen LogP contribution in [0.5, 0.6) is 5.75 Å². The number of hydrogen-bond donors (Lipinski definition) is 1. The molecule has 0 amide bonds. The van der Waals surface area contributed by atoms with E-state index in [4.69, 9.17) is 4.74 Å². The van der Waals surface area contributed by atoms with Crippen LogP contribution in [-0.2, 0) is 6.61 Å². The molecule has 130 valence electrons. The van der Waals surface area contributed by atoms with Crippen molar-refractivity contribution in [3.8, 4) is 11.8 Å². The molecule has 27 heavy (non-hydrogen) atoms. The van der Waals surface area contributed by atoms with Crippen LogP contribution in [0.25, 0.3) is 22.7 Å². The monoisotopic (exact) mass is 351 g/mol. The third kappa shape index (κ3) is 3.73. The highest BCUT2D eigenvalue weighted by molar-refractivity contribution is 5.91. The Morgan fingerprint density at radius 3 is 2.52 bits per heavy atom. The van der Waals surface area contributed by atoms with Gasteiger partial charge in [-0.1, -0.05) is 60.7 Å². The lowest BCUT2D eigenvalue weighted by Crippen LogP contribution is -1.97. The third-order valence-corrected chi connectivity index (χ3v) is 4.22. The van der Waals surface area contributed by atoms with Gasteiger partial charge in [-0.3, -0.25) is 0 Å². The van der Waals surface area contributed by atoms with Gasteiger partial charge in [-0.2, -0.15) is 5.26 Å². The highest BCUT2D eigenvalue weighted by Crippen LogP contribution is 2.25. The number of hydrogen-bond acceptors (Lipinski definition) is 3. The first-order valence-electron chi connectivity index (χ1n) is 8.66. The molecule has 4 nitrogen and oxygen atoms in total. The lowest BCUT2D eigenvalue weighted by molar-refractivity contribution is 0.305. The van der Waals surface area contributed by atoms with Crippen LogP contribution in [0.15, 0.2) is 78.9 Å². The van der Waals surface area contributed by atoms with Gasteiger partial charge in [0, 0.05) is 5.56 Å². The Morgan fingerprint density at radius 2 is 1.70 bits per heavy atom. The zero-order valence-electron chi connectivity index (χ0n) is 14.6. The first-order valence-corrected chi connectivity index (χ1v) is 8.66. The fraction of sp³-hybridized carbons (Fsp3) is 0.0435. The van der Waals surface area contributed by atoms with Crippen molar-refractivity contribution in [1.29, 1.82) is 5.26 Å². The van der Waals surface area contributed by atoms with Crippen LogP contribution in [0.2, 0.25) is 0 Å². The standard InChI is InChI=1S/C23H17N3O/c24-15-19(23-25-20-11-5-6-12-21(20)26-23)14-18-10-4-7-13-22(18)27-16-17-8-2-1-3-9-17/h1-14H,16H2,(H,25,26)/b19-14-. The summed E-state index contributed by atoms with van der Waals surface area (Å²) < 4.78 is 5.98. The van der Waals surface area contributed by atoms with E-state index >= 15 is 0 Å². The van der Waals surface area contributed by atoms with Crippen LogP contribution in [0.1, 0.15) is 17.0 Å². The average Bonchev–Trinajstić information content (AvgIpc) is 3.16. The number of fused-ring (bicyclic) bond motifs is 1. The molecule has 0 aliphatic heterocycles. The number of nitrogens with one attached hydrogen (secondary N) is 1. The highest BCUT2D eigenvalue weighted by Gasteiger charge is 2.09. The van der Waals surface area contributed by atoms with E-state index in [-0.39, 0.29) is 0 Å². The van der Waals surface area contributed by atoms with Crippen molar-refractivity contribution in [3.63, 3.8) is 0 Å². The number of aromatic amines is 1. The molecule has 4 aromatic rings.